The predicted octanol–water partition coefficient (Wildman–Crippen LogP) is 4.06. The third kappa shape index (κ3) is 2.68. The number of rotatable bonds is 4. The van der Waals surface area contributed by atoms with E-state index in [0.29, 0.717) is 0 Å². The first kappa shape index (κ1) is 16.4. The molecule has 0 aliphatic rings. The molecule has 0 saturated heterocycles. The molecule has 1 aromatic carbocycles. The molecule has 0 bridgehead atoms. The van der Waals surface area contributed by atoms with Crippen LogP contribution in [0, 0.1) is 11.6 Å². The Morgan fingerprint density at radius 2 is 1.82 bits per heavy atom. The van der Waals surface area contributed by atoms with Gasteiger partial charge in [0.15, 0.2) is 5.78 Å². The molecule has 0 N–H and O–H groups in total. The molecule has 0 spiro atoms. The summed E-state index contributed by atoms with van der Waals surface area (Å²) in [6.45, 7) is 3.39. The molecule has 0 unspecified atom stereocenters. The van der Waals surface area contributed by atoms with Crippen molar-refractivity contribution in [2.24, 2.45) is 0 Å². The molecular formula is C16H14ClF2NO2. The quantitative estimate of drug-likeness (QED) is 0.795. The van der Waals surface area contributed by atoms with Crippen molar-refractivity contribution in [2.45, 2.75) is 26.8 Å². The lowest BCUT2D eigenvalue weighted by Crippen LogP contribution is -2.25. The number of hydrogen-bond donors (Lipinski definition) is 0. The van der Waals surface area contributed by atoms with E-state index in [1.54, 1.807) is 13.8 Å². The van der Waals surface area contributed by atoms with Crippen LogP contribution in [0.3, 0.4) is 0 Å². The van der Waals surface area contributed by atoms with E-state index >= 15 is 0 Å². The third-order valence-corrected chi connectivity index (χ3v) is 3.65. The molecule has 1 aromatic heterocycles. The summed E-state index contributed by atoms with van der Waals surface area (Å²) < 4.78 is 29.4. The van der Waals surface area contributed by atoms with Crippen LogP contribution in [0.2, 0.25) is 5.02 Å². The average molecular weight is 326 g/mol. The van der Waals surface area contributed by atoms with Gasteiger partial charge in [-0.3, -0.25) is 9.59 Å². The zero-order valence-corrected chi connectivity index (χ0v) is 12.9. The fourth-order valence-electron chi connectivity index (χ4n) is 2.33. The van der Waals surface area contributed by atoms with Crippen LogP contribution in [0.15, 0.2) is 29.1 Å². The summed E-state index contributed by atoms with van der Waals surface area (Å²) in [5.41, 5.74) is -1.01. The zero-order valence-electron chi connectivity index (χ0n) is 12.1. The fourth-order valence-corrected chi connectivity index (χ4v) is 2.54. The van der Waals surface area contributed by atoms with Gasteiger partial charge in [-0.25, -0.2) is 8.78 Å². The first-order chi connectivity index (χ1) is 10.4. The summed E-state index contributed by atoms with van der Waals surface area (Å²) in [6, 6.07) is 4.57. The first-order valence-electron chi connectivity index (χ1n) is 6.83. The number of benzene rings is 1. The Balaban J connectivity index is 2.98. The summed E-state index contributed by atoms with van der Waals surface area (Å²) in [6.07, 6.45) is 0.126. The van der Waals surface area contributed by atoms with Gasteiger partial charge in [-0.15, -0.1) is 0 Å². The van der Waals surface area contributed by atoms with E-state index in [2.05, 4.69) is 0 Å². The topological polar surface area (TPSA) is 39.1 Å². The summed E-state index contributed by atoms with van der Waals surface area (Å²) in [5.74, 6) is -2.02. The van der Waals surface area contributed by atoms with Gasteiger partial charge in [0.05, 0.1) is 11.3 Å². The van der Waals surface area contributed by atoms with Gasteiger partial charge in [-0.05, 0) is 25.1 Å². The minimum atomic E-state index is -0.839. The molecule has 2 aromatic rings. The van der Waals surface area contributed by atoms with Gasteiger partial charge in [0, 0.05) is 18.5 Å². The third-order valence-electron chi connectivity index (χ3n) is 3.38. The monoisotopic (exact) mass is 325 g/mol. The Bertz CT molecular complexity index is 779. The maximum absolute atomic E-state index is 14.1. The average Bonchev–Trinajstić information content (AvgIpc) is 2.49. The standard InChI is InChI=1S/C16H14ClF2NO2/c1-3-13(21)9-8-10(17)16(22)20(4-2)15(9)14-11(18)6-5-7-12(14)19/h5-8H,3-4H2,1-2H3. The Kier molecular flexibility index (Phi) is 4.76. The Hall–Kier alpha value is -2.01. The number of Topliss-reactive ketones (excluding diaryl/α,β-unsaturated/α-hetero) is 1. The number of pyridine rings is 1. The van der Waals surface area contributed by atoms with Crippen LogP contribution in [0.4, 0.5) is 8.78 Å². The fraction of sp³-hybridized carbons (Fsp3) is 0.250. The molecule has 116 valence electrons. The highest BCUT2D eigenvalue weighted by Gasteiger charge is 2.23. The lowest BCUT2D eigenvalue weighted by Gasteiger charge is -2.17. The summed E-state index contributed by atoms with van der Waals surface area (Å²) >= 11 is 5.86. The highest BCUT2D eigenvalue weighted by molar-refractivity contribution is 6.31. The van der Waals surface area contributed by atoms with Gasteiger partial charge in [-0.2, -0.15) is 0 Å². The van der Waals surface area contributed by atoms with Crippen molar-refractivity contribution in [3.8, 4) is 11.3 Å². The minimum Gasteiger partial charge on any atom is -0.306 e. The van der Waals surface area contributed by atoms with Crippen molar-refractivity contribution in [3.05, 3.63) is 56.8 Å². The second kappa shape index (κ2) is 6.40. The molecule has 0 aliphatic heterocycles. The highest BCUT2D eigenvalue weighted by atomic mass is 35.5. The van der Waals surface area contributed by atoms with Crippen molar-refractivity contribution in [1.82, 2.24) is 4.57 Å². The molecule has 0 saturated carbocycles. The molecular weight excluding hydrogens is 312 g/mol. The van der Waals surface area contributed by atoms with Crippen LogP contribution < -0.4 is 5.56 Å². The van der Waals surface area contributed by atoms with Gasteiger partial charge in [0.2, 0.25) is 0 Å². The van der Waals surface area contributed by atoms with Crippen LogP contribution in [-0.4, -0.2) is 10.4 Å². The summed E-state index contributed by atoms with van der Waals surface area (Å²) in [4.78, 5) is 24.3. The SMILES string of the molecule is CCC(=O)c1cc(Cl)c(=O)n(CC)c1-c1c(F)cccc1F. The van der Waals surface area contributed by atoms with Gasteiger partial charge < -0.3 is 4.57 Å². The molecule has 6 heteroatoms. The predicted molar refractivity (Wildman–Crippen MR) is 81.4 cm³/mol. The van der Waals surface area contributed by atoms with E-state index in [1.165, 1.54) is 12.1 Å². The molecule has 0 atom stereocenters. The first-order valence-corrected chi connectivity index (χ1v) is 7.21. The number of hydrogen-bond acceptors (Lipinski definition) is 2. The summed E-state index contributed by atoms with van der Waals surface area (Å²) in [5, 5.41) is -0.154. The van der Waals surface area contributed by atoms with Crippen LogP contribution in [0.1, 0.15) is 30.6 Å². The summed E-state index contributed by atoms with van der Waals surface area (Å²) in [7, 11) is 0. The van der Waals surface area contributed by atoms with Crippen LogP contribution in [0.5, 0.6) is 0 Å². The number of carbonyl (C=O) groups excluding carboxylic acids is 1. The van der Waals surface area contributed by atoms with Crippen molar-refractivity contribution in [2.75, 3.05) is 0 Å². The van der Waals surface area contributed by atoms with E-state index in [0.717, 1.165) is 16.7 Å². The van der Waals surface area contributed by atoms with Crippen molar-refractivity contribution in [1.29, 1.82) is 0 Å². The molecule has 22 heavy (non-hydrogen) atoms. The van der Waals surface area contributed by atoms with Crippen molar-refractivity contribution < 1.29 is 13.6 Å². The van der Waals surface area contributed by atoms with Gasteiger partial charge in [0.25, 0.3) is 5.56 Å². The van der Waals surface area contributed by atoms with Gasteiger partial charge in [-0.1, -0.05) is 24.6 Å². The highest BCUT2D eigenvalue weighted by Crippen LogP contribution is 2.30. The van der Waals surface area contributed by atoms with E-state index in [9.17, 15) is 18.4 Å². The number of aromatic nitrogens is 1. The smallest absolute Gasteiger partial charge is 0.269 e. The van der Waals surface area contributed by atoms with E-state index in [4.69, 9.17) is 11.6 Å². The number of halogens is 3. The van der Waals surface area contributed by atoms with E-state index < -0.39 is 22.8 Å². The second-order valence-corrected chi connectivity index (χ2v) is 5.08. The Labute approximate surface area is 131 Å². The molecule has 3 nitrogen and oxygen atoms in total. The largest absolute Gasteiger partial charge is 0.306 e. The Morgan fingerprint density at radius 3 is 2.32 bits per heavy atom. The Morgan fingerprint density at radius 1 is 1.23 bits per heavy atom. The number of nitrogens with zero attached hydrogens (tertiary/aromatic N) is 1. The second-order valence-electron chi connectivity index (χ2n) is 4.68. The molecule has 0 radical (unpaired) electrons. The zero-order chi connectivity index (χ0) is 16.4. The van der Waals surface area contributed by atoms with Crippen LogP contribution >= 0.6 is 11.6 Å². The normalized spacial score (nSPS) is 10.8. The van der Waals surface area contributed by atoms with Crippen molar-refractivity contribution in [3.63, 3.8) is 0 Å². The van der Waals surface area contributed by atoms with Crippen LogP contribution in [-0.2, 0) is 6.54 Å². The molecule has 0 aliphatic carbocycles. The number of ketones is 1. The minimum absolute atomic E-state index is 0.0398. The molecule has 2 rings (SSSR count). The maximum atomic E-state index is 14.1. The molecule has 1 heterocycles. The van der Waals surface area contributed by atoms with E-state index in [1.807, 2.05) is 0 Å². The van der Waals surface area contributed by atoms with E-state index in [-0.39, 0.29) is 35.0 Å². The molecule has 0 amide bonds. The van der Waals surface area contributed by atoms with Crippen molar-refractivity contribution >= 4 is 17.4 Å². The lowest BCUT2D eigenvalue weighted by molar-refractivity contribution is 0.0988. The van der Waals surface area contributed by atoms with Crippen LogP contribution in [0.25, 0.3) is 11.3 Å². The van der Waals surface area contributed by atoms with Gasteiger partial charge in [0.1, 0.15) is 16.7 Å². The molecule has 0 fully saturated rings. The lowest BCUT2D eigenvalue weighted by atomic mass is 9.99. The number of carbonyl (C=O) groups is 1. The van der Waals surface area contributed by atoms with Gasteiger partial charge >= 0.3 is 0 Å². The maximum Gasteiger partial charge on any atom is 0.269 e.